The maximum atomic E-state index is 12.6. The molecule has 1 fully saturated rings. The van der Waals surface area contributed by atoms with Crippen LogP contribution in [0.5, 0.6) is 0 Å². The fourth-order valence-electron chi connectivity index (χ4n) is 1.38. The zero-order valence-electron chi connectivity index (χ0n) is 8.26. The third kappa shape index (κ3) is 4.02. The predicted octanol–water partition coefficient (Wildman–Crippen LogP) is 1.44. The highest BCUT2D eigenvalue weighted by atomic mass is 19.1. The topological polar surface area (TPSA) is 23.5 Å². The first-order valence-electron chi connectivity index (χ1n) is 4.53. The third-order valence-electron chi connectivity index (χ3n) is 2.19. The van der Waals surface area contributed by atoms with Gasteiger partial charge in [-0.15, -0.1) is 0 Å². The van der Waals surface area contributed by atoms with Gasteiger partial charge in [0.25, 0.3) is 0 Å². The molecule has 0 atom stereocenters. The van der Waals surface area contributed by atoms with Gasteiger partial charge in [-0.05, 0) is 26.7 Å². The van der Waals surface area contributed by atoms with E-state index in [9.17, 15) is 4.39 Å². The first-order valence-corrected chi connectivity index (χ1v) is 4.53. The molecule has 0 aromatic heterocycles. The van der Waals surface area contributed by atoms with Gasteiger partial charge in [0.15, 0.2) is 0 Å². The van der Waals surface area contributed by atoms with Crippen molar-refractivity contribution in [1.29, 1.82) is 0 Å². The Balaban J connectivity index is 0.000000561. The summed E-state index contributed by atoms with van der Waals surface area (Å²) in [5, 5.41) is 7.00. The third-order valence-corrected chi connectivity index (χ3v) is 2.19. The molecule has 0 radical (unpaired) electrons. The fourth-order valence-corrected chi connectivity index (χ4v) is 1.38. The van der Waals surface area contributed by atoms with Crippen molar-refractivity contribution in [1.82, 2.24) is 4.90 Å². The van der Waals surface area contributed by atoms with Gasteiger partial charge in [0.2, 0.25) is 0 Å². The molecule has 0 aromatic carbocycles. The number of halogens is 1. The second-order valence-electron chi connectivity index (χ2n) is 3.30. The van der Waals surface area contributed by atoms with E-state index in [1.165, 1.54) is 0 Å². The molecule has 0 aliphatic carbocycles. The van der Waals surface area contributed by atoms with Crippen molar-refractivity contribution in [2.45, 2.75) is 38.9 Å². The van der Waals surface area contributed by atoms with Gasteiger partial charge >= 0.3 is 0 Å². The standard InChI is InChI=1S/C8H16FN.CH4O/c1-7(2)10-5-3-8(9)4-6-10;1-2/h7-8H,3-6H2,1-2H3;2H,1H3. The molecule has 2 nitrogen and oxygen atoms in total. The largest absolute Gasteiger partial charge is 0.400 e. The van der Waals surface area contributed by atoms with Crippen molar-refractivity contribution in [2.24, 2.45) is 0 Å². The number of likely N-dealkylation sites (tertiary alicyclic amines) is 1. The lowest BCUT2D eigenvalue weighted by Crippen LogP contribution is -2.38. The summed E-state index contributed by atoms with van der Waals surface area (Å²) in [5.74, 6) is 0. The highest BCUT2D eigenvalue weighted by molar-refractivity contribution is 4.73. The number of nitrogens with zero attached hydrogens (tertiary/aromatic N) is 1. The quantitative estimate of drug-likeness (QED) is 0.655. The fraction of sp³-hybridized carbons (Fsp3) is 1.00. The summed E-state index contributed by atoms with van der Waals surface area (Å²) in [6.45, 7) is 6.22. The summed E-state index contributed by atoms with van der Waals surface area (Å²) in [6, 6.07) is 0.590. The Bertz CT molecular complexity index is 101. The summed E-state index contributed by atoms with van der Waals surface area (Å²) in [6.07, 6.45) is 0.936. The van der Waals surface area contributed by atoms with E-state index in [-0.39, 0.29) is 0 Å². The lowest BCUT2D eigenvalue weighted by atomic mass is 10.1. The number of rotatable bonds is 1. The minimum atomic E-state index is -0.532. The Morgan fingerprint density at radius 2 is 1.67 bits per heavy atom. The van der Waals surface area contributed by atoms with E-state index in [0.717, 1.165) is 33.0 Å². The van der Waals surface area contributed by atoms with Gasteiger partial charge in [0, 0.05) is 26.2 Å². The van der Waals surface area contributed by atoms with E-state index in [4.69, 9.17) is 5.11 Å². The molecule has 0 saturated carbocycles. The lowest BCUT2D eigenvalue weighted by molar-refractivity contribution is 0.125. The molecule has 3 heteroatoms. The number of aliphatic hydroxyl groups is 1. The zero-order chi connectivity index (χ0) is 9.56. The van der Waals surface area contributed by atoms with Crippen molar-refractivity contribution in [3.8, 4) is 0 Å². The molecular formula is C9H20FNO. The van der Waals surface area contributed by atoms with Crippen LogP contribution in [-0.4, -0.2) is 42.4 Å². The van der Waals surface area contributed by atoms with E-state index in [2.05, 4.69) is 18.7 Å². The number of alkyl halides is 1. The molecule has 0 bridgehead atoms. The van der Waals surface area contributed by atoms with Crippen molar-refractivity contribution in [2.75, 3.05) is 20.2 Å². The van der Waals surface area contributed by atoms with E-state index in [0.29, 0.717) is 6.04 Å². The number of hydrogen-bond donors (Lipinski definition) is 1. The van der Waals surface area contributed by atoms with Gasteiger partial charge in [-0.1, -0.05) is 0 Å². The molecule has 0 amide bonds. The lowest BCUT2D eigenvalue weighted by Gasteiger charge is -2.31. The Morgan fingerprint density at radius 1 is 1.25 bits per heavy atom. The smallest absolute Gasteiger partial charge is 0.103 e. The molecule has 1 aliphatic heterocycles. The van der Waals surface area contributed by atoms with Gasteiger partial charge in [-0.3, -0.25) is 0 Å². The summed E-state index contributed by atoms with van der Waals surface area (Å²) in [4.78, 5) is 2.33. The average Bonchev–Trinajstić information content (AvgIpc) is 2.09. The Morgan fingerprint density at radius 3 is 2.00 bits per heavy atom. The number of hydrogen-bond acceptors (Lipinski definition) is 2. The molecule has 0 unspecified atom stereocenters. The van der Waals surface area contributed by atoms with E-state index >= 15 is 0 Å². The van der Waals surface area contributed by atoms with Crippen LogP contribution in [0.15, 0.2) is 0 Å². The SMILES string of the molecule is CC(C)N1CCC(F)CC1.CO. The van der Waals surface area contributed by atoms with Crippen molar-refractivity contribution < 1.29 is 9.50 Å². The minimum Gasteiger partial charge on any atom is -0.400 e. The van der Waals surface area contributed by atoms with Gasteiger partial charge < -0.3 is 10.0 Å². The van der Waals surface area contributed by atoms with Crippen LogP contribution in [0, 0.1) is 0 Å². The molecule has 1 rings (SSSR count). The Kier molecular flexibility index (Phi) is 6.30. The normalized spacial score (nSPS) is 20.5. The van der Waals surface area contributed by atoms with Crippen LogP contribution >= 0.6 is 0 Å². The second-order valence-corrected chi connectivity index (χ2v) is 3.30. The van der Waals surface area contributed by atoms with E-state index in [1.54, 1.807) is 0 Å². The summed E-state index contributed by atoms with van der Waals surface area (Å²) in [7, 11) is 1.00. The van der Waals surface area contributed by atoms with Crippen LogP contribution < -0.4 is 0 Å². The maximum absolute atomic E-state index is 12.6. The van der Waals surface area contributed by atoms with Crippen LogP contribution in [0.4, 0.5) is 4.39 Å². The van der Waals surface area contributed by atoms with Crippen LogP contribution in [0.3, 0.4) is 0 Å². The first kappa shape index (κ1) is 11.8. The van der Waals surface area contributed by atoms with E-state index < -0.39 is 6.17 Å². The minimum absolute atomic E-state index is 0.532. The average molecular weight is 177 g/mol. The van der Waals surface area contributed by atoms with Crippen LogP contribution in [-0.2, 0) is 0 Å². The van der Waals surface area contributed by atoms with Gasteiger partial charge in [-0.2, -0.15) is 0 Å². The van der Waals surface area contributed by atoms with Crippen molar-refractivity contribution in [3.63, 3.8) is 0 Å². The van der Waals surface area contributed by atoms with Crippen LogP contribution in [0.1, 0.15) is 26.7 Å². The molecule has 0 spiro atoms. The number of piperidine rings is 1. The summed E-state index contributed by atoms with van der Waals surface area (Å²) < 4.78 is 12.6. The second kappa shape index (κ2) is 6.38. The highest BCUT2D eigenvalue weighted by Crippen LogP contribution is 2.14. The summed E-state index contributed by atoms with van der Waals surface area (Å²) >= 11 is 0. The molecular weight excluding hydrogens is 157 g/mol. The molecule has 1 aliphatic rings. The van der Waals surface area contributed by atoms with Crippen LogP contribution in [0.25, 0.3) is 0 Å². The monoisotopic (exact) mass is 177 g/mol. The van der Waals surface area contributed by atoms with Gasteiger partial charge in [-0.25, -0.2) is 4.39 Å². The molecule has 74 valence electrons. The molecule has 1 N–H and O–H groups in total. The maximum Gasteiger partial charge on any atom is 0.103 e. The Hall–Kier alpha value is -0.150. The van der Waals surface area contributed by atoms with E-state index in [1.807, 2.05) is 0 Å². The first-order chi connectivity index (χ1) is 5.70. The molecule has 12 heavy (non-hydrogen) atoms. The highest BCUT2D eigenvalue weighted by Gasteiger charge is 2.19. The number of aliphatic hydroxyl groups excluding tert-OH is 1. The zero-order valence-corrected chi connectivity index (χ0v) is 8.26. The Labute approximate surface area is 74.4 Å². The molecule has 1 saturated heterocycles. The molecule has 0 aromatic rings. The van der Waals surface area contributed by atoms with Crippen LogP contribution in [0.2, 0.25) is 0 Å². The predicted molar refractivity (Wildman–Crippen MR) is 49.0 cm³/mol. The van der Waals surface area contributed by atoms with Gasteiger partial charge in [0.05, 0.1) is 0 Å². The van der Waals surface area contributed by atoms with Gasteiger partial charge in [0.1, 0.15) is 6.17 Å². The molecule has 1 heterocycles. The van der Waals surface area contributed by atoms with Crippen molar-refractivity contribution >= 4 is 0 Å². The summed E-state index contributed by atoms with van der Waals surface area (Å²) in [5.41, 5.74) is 0. The van der Waals surface area contributed by atoms with Crippen molar-refractivity contribution in [3.05, 3.63) is 0 Å².